The van der Waals surface area contributed by atoms with Crippen LogP contribution in [0.2, 0.25) is 0 Å². The second kappa shape index (κ2) is 6.23. The number of esters is 2. The fourth-order valence-corrected chi connectivity index (χ4v) is 2.78. The Labute approximate surface area is 145 Å². The molecule has 0 aromatic heterocycles. The van der Waals surface area contributed by atoms with Crippen molar-refractivity contribution in [2.75, 3.05) is 16.8 Å². The van der Waals surface area contributed by atoms with Gasteiger partial charge in [-0.2, -0.15) is 0 Å². The van der Waals surface area contributed by atoms with Gasteiger partial charge >= 0.3 is 11.9 Å². The van der Waals surface area contributed by atoms with Gasteiger partial charge in [0, 0.05) is 44.4 Å². The van der Waals surface area contributed by atoms with Crippen LogP contribution in [0.3, 0.4) is 0 Å². The van der Waals surface area contributed by atoms with Crippen molar-refractivity contribution in [2.45, 2.75) is 39.4 Å². The van der Waals surface area contributed by atoms with Gasteiger partial charge in [-0.15, -0.1) is 0 Å². The first kappa shape index (κ1) is 17.0. The lowest BCUT2D eigenvalue weighted by molar-refractivity contribution is -0.222. The molecule has 0 radical (unpaired) electrons. The Morgan fingerprint density at radius 1 is 1.16 bits per heavy atom. The summed E-state index contributed by atoms with van der Waals surface area (Å²) in [6.07, 6.45) is 2.67. The van der Waals surface area contributed by atoms with Crippen LogP contribution in [0.25, 0.3) is 0 Å². The molecule has 0 aliphatic carbocycles. The lowest BCUT2D eigenvalue weighted by Crippen LogP contribution is -2.42. The number of nitrogens with zero attached hydrogens (tertiary/aromatic N) is 1. The predicted molar refractivity (Wildman–Crippen MR) is 90.7 cm³/mol. The zero-order valence-corrected chi connectivity index (χ0v) is 14.4. The van der Waals surface area contributed by atoms with Crippen molar-refractivity contribution in [3.8, 4) is 0 Å². The largest absolute Gasteiger partial charge is 0.419 e. The van der Waals surface area contributed by atoms with Gasteiger partial charge < -0.3 is 19.7 Å². The monoisotopic (exact) mass is 344 g/mol. The maximum absolute atomic E-state index is 12.0. The van der Waals surface area contributed by atoms with Crippen LogP contribution in [0.5, 0.6) is 0 Å². The highest BCUT2D eigenvalue weighted by atomic mass is 16.7. The number of anilines is 2. The molecule has 0 unspecified atom stereocenters. The van der Waals surface area contributed by atoms with Gasteiger partial charge in [0.1, 0.15) is 0 Å². The minimum Gasteiger partial charge on any atom is -0.419 e. The first-order valence-corrected chi connectivity index (χ1v) is 8.11. The molecule has 0 saturated carbocycles. The average Bonchev–Trinajstić information content (AvgIpc) is 2.93. The second-order valence-corrected chi connectivity index (χ2v) is 6.53. The number of ether oxygens (including phenoxy) is 2. The molecule has 1 N–H and O–H groups in total. The van der Waals surface area contributed by atoms with Gasteiger partial charge in [-0.25, -0.2) is 9.59 Å². The number of amides is 1. The fourth-order valence-electron chi connectivity index (χ4n) is 2.78. The molecule has 0 bridgehead atoms. The fraction of sp³-hybridized carbons (Fsp3) is 0.389. The van der Waals surface area contributed by atoms with Crippen molar-refractivity contribution < 1.29 is 23.9 Å². The molecule has 2 heterocycles. The SMILES string of the molecule is Cc1ccc(N2CCCC2=O)cc1NC=C1C(=O)OC(C)(C)OC1=O. The summed E-state index contributed by atoms with van der Waals surface area (Å²) in [7, 11) is 0. The highest BCUT2D eigenvalue weighted by Crippen LogP contribution is 2.28. The van der Waals surface area contributed by atoms with Gasteiger partial charge in [0.2, 0.25) is 5.91 Å². The zero-order chi connectivity index (χ0) is 18.2. The third-order valence-electron chi connectivity index (χ3n) is 4.10. The average molecular weight is 344 g/mol. The molecule has 0 spiro atoms. The van der Waals surface area contributed by atoms with E-state index in [0.717, 1.165) is 17.7 Å². The van der Waals surface area contributed by atoms with Crippen molar-refractivity contribution in [3.63, 3.8) is 0 Å². The van der Waals surface area contributed by atoms with E-state index in [1.54, 1.807) is 4.90 Å². The smallest absolute Gasteiger partial charge is 0.350 e. The lowest BCUT2D eigenvalue weighted by atomic mass is 10.1. The molecule has 0 atom stereocenters. The molecule has 1 amide bonds. The van der Waals surface area contributed by atoms with Crippen molar-refractivity contribution >= 4 is 29.2 Å². The van der Waals surface area contributed by atoms with Crippen LogP contribution in [0.4, 0.5) is 11.4 Å². The van der Waals surface area contributed by atoms with Crippen molar-refractivity contribution in [3.05, 3.63) is 35.5 Å². The number of rotatable bonds is 3. The standard InChI is InChI=1S/C18H20N2O5/c1-11-6-7-12(20-8-4-5-15(20)21)9-14(11)19-10-13-16(22)24-18(2,3)25-17(13)23/h6-7,9-10,19H,4-5,8H2,1-3H3. The number of nitrogens with one attached hydrogen (secondary N) is 1. The van der Waals surface area contributed by atoms with Crippen molar-refractivity contribution in [1.29, 1.82) is 0 Å². The molecule has 2 fully saturated rings. The summed E-state index contributed by atoms with van der Waals surface area (Å²) in [6, 6.07) is 5.57. The van der Waals surface area contributed by atoms with Gasteiger partial charge in [-0.05, 0) is 31.0 Å². The van der Waals surface area contributed by atoms with Gasteiger partial charge in [-0.3, -0.25) is 4.79 Å². The van der Waals surface area contributed by atoms with Crippen LogP contribution in [-0.2, 0) is 23.9 Å². The summed E-state index contributed by atoms with van der Waals surface area (Å²) >= 11 is 0. The Morgan fingerprint density at radius 2 is 1.84 bits per heavy atom. The third kappa shape index (κ3) is 3.50. The number of hydrogen-bond donors (Lipinski definition) is 1. The summed E-state index contributed by atoms with van der Waals surface area (Å²) in [5, 5.41) is 2.95. The number of cyclic esters (lactones) is 2. The van der Waals surface area contributed by atoms with Crippen LogP contribution in [0.1, 0.15) is 32.3 Å². The van der Waals surface area contributed by atoms with E-state index in [1.165, 1.54) is 20.0 Å². The lowest BCUT2D eigenvalue weighted by Gasteiger charge is -2.29. The molecule has 1 aromatic rings. The summed E-state index contributed by atoms with van der Waals surface area (Å²) in [5.41, 5.74) is 2.17. The van der Waals surface area contributed by atoms with E-state index in [-0.39, 0.29) is 11.5 Å². The van der Waals surface area contributed by atoms with Gasteiger partial charge in [0.15, 0.2) is 5.57 Å². The number of aryl methyl sites for hydroxylation is 1. The molecule has 2 aliphatic heterocycles. The van der Waals surface area contributed by atoms with Crippen LogP contribution in [0, 0.1) is 6.92 Å². The van der Waals surface area contributed by atoms with Crippen molar-refractivity contribution in [2.24, 2.45) is 0 Å². The second-order valence-electron chi connectivity index (χ2n) is 6.53. The maximum atomic E-state index is 12.0. The van der Waals surface area contributed by atoms with E-state index >= 15 is 0 Å². The summed E-state index contributed by atoms with van der Waals surface area (Å²) in [4.78, 5) is 37.5. The normalized spacial score (nSPS) is 19.6. The summed E-state index contributed by atoms with van der Waals surface area (Å²) in [5.74, 6) is -2.65. The van der Waals surface area contributed by atoms with Gasteiger partial charge in [-0.1, -0.05) is 6.07 Å². The molecular weight excluding hydrogens is 324 g/mol. The van der Waals surface area contributed by atoms with E-state index in [4.69, 9.17) is 9.47 Å². The molecule has 7 nitrogen and oxygen atoms in total. The Balaban J connectivity index is 1.82. The van der Waals surface area contributed by atoms with E-state index in [0.29, 0.717) is 18.7 Å². The molecule has 25 heavy (non-hydrogen) atoms. The van der Waals surface area contributed by atoms with Gasteiger partial charge in [0.25, 0.3) is 5.79 Å². The van der Waals surface area contributed by atoms with Crippen LogP contribution < -0.4 is 10.2 Å². The number of hydrogen-bond acceptors (Lipinski definition) is 6. The van der Waals surface area contributed by atoms with Crippen LogP contribution >= 0.6 is 0 Å². The molecular formula is C18H20N2O5. The molecule has 132 valence electrons. The summed E-state index contributed by atoms with van der Waals surface area (Å²) < 4.78 is 10.1. The molecule has 2 aliphatic rings. The minimum absolute atomic E-state index is 0.0924. The van der Waals surface area contributed by atoms with Crippen molar-refractivity contribution in [1.82, 2.24) is 0 Å². The quantitative estimate of drug-likeness (QED) is 0.514. The van der Waals surface area contributed by atoms with E-state index in [1.807, 2.05) is 25.1 Å². The topological polar surface area (TPSA) is 84.9 Å². The van der Waals surface area contributed by atoms with Gasteiger partial charge in [0.05, 0.1) is 0 Å². The maximum Gasteiger partial charge on any atom is 0.350 e. The first-order chi connectivity index (χ1) is 11.8. The summed E-state index contributed by atoms with van der Waals surface area (Å²) in [6.45, 7) is 5.56. The predicted octanol–water partition coefficient (Wildman–Crippen LogP) is 2.25. The number of carbonyl (C=O) groups is 3. The Bertz CT molecular complexity index is 760. The Kier molecular flexibility index (Phi) is 4.24. The Hall–Kier alpha value is -2.83. The van der Waals surface area contributed by atoms with Crippen LogP contribution in [-0.4, -0.2) is 30.2 Å². The van der Waals surface area contributed by atoms with E-state index in [9.17, 15) is 14.4 Å². The molecule has 3 rings (SSSR count). The highest BCUT2D eigenvalue weighted by Gasteiger charge is 2.39. The Morgan fingerprint density at radius 3 is 2.44 bits per heavy atom. The molecule has 1 aromatic carbocycles. The van der Waals surface area contributed by atoms with Crippen LogP contribution in [0.15, 0.2) is 30.0 Å². The first-order valence-electron chi connectivity index (χ1n) is 8.11. The highest BCUT2D eigenvalue weighted by molar-refractivity contribution is 6.15. The molecule has 7 heteroatoms. The zero-order valence-electron chi connectivity index (χ0n) is 14.4. The van der Waals surface area contributed by atoms with E-state index < -0.39 is 17.7 Å². The minimum atomic E-state index is -1.27. The third-order valence-corrected chi connectivity index (χ3v) is 4.10. The number of benzene rings is 1. The molecule has 2 saturated heterocycles. The number of carbonyl (C=O) groups excluding carboxylic acids is 3. The van der Waals surface area contributed by atoms with E-state index in [2.05, 4.69) is 5.32 Å².